The van der Waals surface area contributed by atoms with Gasteiger partial charge in [-0.3, -0.25) is 4.79 Å². The molecule has 0 heterocycles. The molecule has 0 aromatic carbocycles. The summed E-state index contributed by atoms with van der Waals surface area (Å²) in [5.74, 6) is -0.273. The summed E-state index contributed by atoms with van der Waals surface area (Å²) in [5.41, 5.74) is 0. The zero-order valence-corrected chi connectivity index (χ0v) is 10.7. The number of hydrogen-bond acceptors (Lipinski definition) is 4. The van der Waals surface area contributed by atoms with Gasteiger partial charge in [0.15, 0.2) is 0 Å². The van der Waals surface area contributed by atoms with Crippen LogP contribution in [0.4, 0.5) is 0 Å². The number of aliphatic hydroxyl groups excluding tert-OH is 1. The highest BCUT2D eigenvalue weighted by Gasteiger charge is 2.17. The molecule has 0 saturated carbocycles. The van der Waals surface area contributed by atoms with Crippen molar-refractivity contribution in [2.24, 2.45) is 5.92 Å². The van der Waals surface area contributed by atoms with E-state index in [1.54, 1.807) is 0 Å². The molecule has 0 aromatic heterocycles. The van der Waals surface area contributed by atoms with Gasteiger partial charge in [-0.15, -0.1) is 0 Å². The summed E-state index contributed by atoms with van der Waals surface area (Å²) in [4.78, 5) is 13.6. The van der Waals surface area contributed by atoms with Crippen molar-refractivity contribution in [3.63, 3.8) is 0 Å². The highest BCUT2D eigenvalue weighted by molar-refractivity contribution is 5.72. The topological polar surface area (TPSA) is 49.8 Å². The summed E-state index contributed by atoms with van der Waals surface area (Å²) in [5, 5.41) is 8.93. The van der Waals surface area contributed by atoms with Crippen molar-refractivity contribution in [2.75, 3.05) is 32.8 Å². The number of unbranched alkanes of at least 4 members (excludes halogenated alkanes) is 1. The molecule has 0 fully saturated rings. The van der Waals surface area contributed by atoms with Crippen LogP contribution < -0.4 is 0 Å². The molecule has 96 valence electrons. The van der Waals surface area contributed by atoms with Crippen molar-refractivity contribution in [1.82, 2.24) is 4.90 Å². The molecule has 1 unspecified atom stereocenters. The second-order valence-electron chi connectivity index (χ2n) is 4.03. The molecule has 0 bridgehead atoms. The number of esters is 1. The summed E-state index contributed by atoms with van der Waals surface area (Å²) >= 11 is 0. The van der Waals surface area contributed by atoms with Crippen LogP contribution in [0, 0.1) is 5.92 Å². The Morgan fingerprint density at radius 1 is 1.38 bits per heavy atom. The summed E-state index contributed by atoms with van der Waals surface area (Å²) in [6.45, 7) is 8.61. The Labute approximate surface area is 98.6 Å². The van der Waals surface area contributed by atoms with Crippen LogP contribution in [0.25, 0.3) is 0 Å². The maximum atomic E-state index is 11.4. The van der Waals surface area contributed by atoms with Gasteiger partial charge in [-0.2, -0.15) is 0 Å². The van der Waals surface area contributed by atoms with E-state index in [0.717, 1.165) is 19.4 Å². The minimum absolute atomic E-state index is 0.122. The fourth-order valence-electron chi connectivity index (χ4n) is 1.56. The highest BCUT2D eigenvalue weighted by atomic mass is 16.5. The van der Waals surface area contributed by atoms with E-state index in [4.69, 9.17) is 9.84 Å². The van der Waals surface area contributed by atoms with Gasteiger partial charge in [-0.1, -0.05) is 20.3 Å². The Bertz CT molecular complexity index is 185. The molecule has 0 amide bonds. The standard InChI is InChI=1S/C12H25NO3/c1-4-6-7-13(8-9-14)10-11(3)12(15)16-5-2/h11,14H,4-10H2,1-3H3. The van der Waals surface area contributed by atoms with Crippen molar-refractivity contribution in [3.05, 3.63) is 0 Å². The van der Waals surface area contributed by atoms with E-state index in [0.29, 0.717) is 19.7 Å². The number of hydrogen-bond donors (Lipinski definition) is 1. The third-order valence-corrected chi connectivity index (χ3v) is 2.47. The first-order chi connectivity index (χ1) is 7.65. The summed E-state index contributed by atoms with van der Waals surface area (Å²) in [6, 6.07) is 0. The van der Waals surface area contributed by atoms with E-state index in [9.17, 15) is 4.79 Å². The monoisotopic (exact) mass is 231 g/mol. The number of nitrogens with zero attached hydrogens (tertiary/aromatic N) is 1. The van der Waals surface area contributed by atoms with Crippen LogP contribution in [0.5, 0.6) is 0 Å². The van der Waals surface area contributed by atoms with E-state index in [1.807, 2.05) is 13.8 Å². The Morgan fingerprint density at radius 3 is 2.56 bits per heavy atom. The minimum Gasteiger partial charge on any atom is -0.466 e. The zero-order chi connectivity index (χ0) is 12.4. The van der Waals surface area contributed by atoms with Gasteiger partial charge in [0.05, 0.1) is 19.1 Å². The predicted molar refractivity (Wildman–Crippen MR) is 64.2 cm³/mol. The van der Waals surface area contributed by atoms with E-state index < -0.39 is 0 Å². The van der Waals surface area contributed by atoms with Crippen molar-refractivity contribution >= 4 is 5.97 Å². The van der Waals surface area contributed by atoms with Crippen molar-refractivity contribution < 1.29 is 14.6 Å². The molecule has 0 aliphatic carbocycles. The first-order valence-electron chi connectivity index (χ1n) is 6.15. The molecule has 0 saturated heterocycles. The normalized spacial score (nSPS) is 12.8. The van der Waals surface area contributed by atoms with Gasteiger partial charge in [0, 0.05) is 13.1 Å². The van der Waals surface area contributed by atoms with E-state index >= 15 is 0 Å². The van der Waals surface area contributed by atoms with Crippen molar-refractivity contribution in [3.8, 4) is 0 Å². The van der Waals surface area contributed by atoms with Gasteiger partial charge >= 0.3 is 5.97 Å². The Morgan fingerprint density at radius 2 is 2.06 bits per heavy atom. The fourth-order valence-corrected chi connectivity index (χ4v) is 1.56. The average Bonchev–Trinajstić information content (AvgIpc) is 2.26. The van der Waals surface area contributed by atoms with Crippen LogP contribution in [-0.4, -0.2) is 48.8 Å². The maximum absolute atomic E-state index is 11.4. The third-order valence-electron chi connectivity index (χ3n) is 2.47. The highest BCUT2D eigenvalue weighted by Crippen LogP contribution is 2.04. The molecule has 0 aliphatic rings. The Balaban J connectivity index is 4.00. The minimum atomic E-state index is -0.151. The molecule has 1 atom stereocenters. The van der Waals surface area contributed by atoms with E-state index in [-0.39, 0.29) is 18.5 Å². The van der Waals surface area contributed by atoms with Gasteiger partial charge < -0.3 is 14.7 Å². The number of ether oxygens (including phenoxy) is 1. The quantitative estimate of drug-likeness (QED) is 0.607. The molecule has 0 aliphatic heterocycles. The van der Waals surface area contributed by atoms with Crippen molar-refractivity contribution in [1.29, 1.82) is 0 Å². The van der Waals surface area contributed by atoms with Crippen LogP contribution >= 0.6 is 0 Å². The van der Waals surface area contributed by atoms with Gasteiger partial charge in [0.1, 0.15) is 0 Å². The third kappa shape index (κ3) is 6.80. The van der Waals surface area contributed by atoms with E-state index in [1.165, 1.54) is 0 Å². The van der Waals surface area contributed by atoms with Gasteiger partial charge in [0.2, 0.25) is 0 Å². The lowest BCUT2D eigenvalue weighted by atomic mass is 10.1. The van der Waals surface area contributed by atoms with Gasteiger partial charge in [0.25, 0.3) is 0 Å². The van der Waals surface area contributed by atoms with Gasteiger partial charge in [-0.25, -0.2) is 0 Å². The SMILES string of the molecule is CCCCN(CCO)CC(C)C(=O)OCC. The van der Waals surface area contributed by atoms with Crippen LogP contribution in [0.15, 0.2) is 0 Å². The Kier molecular flexibility index (Phi) is 9.24. The lowest BCUT2D eigenvalue weighted by Gasteiger charge is -2.23. The largest absolute Gasteiger partial charge is 0.466 e. The van der Waals surface area contributed by atoms with Crippen LogP contribution in [0.3, 0.4) is 0 Å². The number of carbonyl (C=O) groups is 1. The zero-order valence-electron chi connectivity index (χ0n) is 10.7. The number of rotatable bonds is 9. The second kappa shape index (κ2) is 9.60. The lowest BCUT2D eigenvalue weighted by Crippen LogP contribution is -2.35. The summed E-state index contributed by atoms with van der Waals surface area (Å²) in [7, 11) is 0. The molecule has 0 spiro atoms. The van der Waals surface area contributed by atoms with Gasteiger partial charge in [-0.05, 0) is 19.9 Å². The molecule has 4 nitrogen and oxygen atoms in total. The molecule has 0 aromatic rings. The first-order valence-corrected chi connectivity index (χ1v) is 6.15. The molecule has 0 rings (SSSR count). The summed E-state index contributed by atoms with van der Waals surface area (Å²) < 4.78 is 4.96. The average molecular weight is 231 g/mol. The smallest absolute Gasteiger partial charge is 0.309 e. The van der Waals surface area contributed by atoms with Crippen LogP contribution in [0.2, 0.25) is 0 Å². The molecular weight excluding hydrogens is 206 g/mol. The lowest BCUT2D eigenvalue weighted by molar-refractivity contribution is -0.148. The fraction of sp³-hybridized carbons (Fsp3) is 0.917. The molecular formula is C12H25NO3. The predicted octanol–water partition coefficient (Wildman–Crippen LogP) is 1.28. The molecule has 4 heteroatoms. The van der Waals surface area contributed by atoms with Crippen LogP contribution in [0.1, 0.15) is 33.6 Å². The molecule has 1 N–H and O–H groups in total. The van der Waals surface area contributed by atoms with Crippen molar-refractivity contribution in [2.45, 2.75) is 33.6 Å². The molecule has 0 radical (unpaired) electrons. The maximum Gasteiger partial charge on any atom is 0.309 e. The number of carbonyl (C=O) groups excluding carboxylic acids is 1. The van der Waals surface area contributed by atoms with Crippen LogP contribution in [-0.2, 0) is 9.53 Å². The second-order valence-corrected chi connectivity index (χ2v) is 4.03. The number of aliphatic hydroxyl groups is 1. The Hall–Kier alpha value is -0.610. The van der Waals surface area contributed by atoms with E-state index in [2.05, 4.69) is 11.8 Å². The first kappa shape index (κ1) is 15.4. The molecule has 16 heavy (non-hydrogen) atoms. The summed E-state index contributed by atoms with van der Waals surface area (Å²) in [6.07, 6.45) is 2.21.